The Bertz CT molecular complexity index is 854. The zero-order valence-electron chi connectivity index (χ0n) is 9.43. The molecule has 5 heteroatoms. The molecule has 0 aliphatic rings. The Morgan fingerprint density at radius 3 is 2.53 bits per heavy atom. The molecule has 0 radical (unpaired) electrons. The fourth-order valence-corrected chi connectivity index (χ4v) is 3.19. The molecule has 1 aromatic carbocycles. The van der Waals surface area contributed by atoms with Gasteiger partial charge in [0, 0.05) is 24.2 Å². The SMILES string of the molecule is Cn1c(=O)c2c3ccccc3sc2n(C)c1=O. The van der Waals surface area contributed by atoms with Crippen LogP contribution >= 0.6 is 11.3 Å². The van der Waals surface area contributed by atoms with E-state index in [-0.39, 0.29) is 11.2 Å². The molecule has 0 aliphatic carbocycles. The van der Waals surface area contributed by atoms with Crippen molar-refractivity contribution in [1.82, 2.24) is 9.13 Å². The highest BCUT2D eigenvalue weighted by atomic mass is 32.1. The minimum Gasteiger partial charge on any atom is -0.287 e. The van der Waals surface area contributed by atoms with Crippen LogP contribution in [0.15, 0.2) is 33.9 Å². The number of hydrogen-bond donors (Lipinski definition) is 0. The maximum absolute atomic E-state index is 12.1. The third kappa shape index (κ3) is 1.23. The zero-order valence-corrected chi connectivity index (χ0v) is 10.2. The minimum atomic E-state index is -0.283. The molecule has 86 valence electrons. The van der Waals surface area contributed by atoms with Crippen molar-refractivity contribution in [3.63, 3.8) is 0 Å². The maximum atomic E-state index is 12.1. The molecule has 17 heavy (non-hydrogen) atoms. The van der Waals surface area contributed by atoms with Gasteiger partial charge in [-0.1, -0.05) is 18.2 Å². The van der Waals surface area contributed by atoms with Crippen LogP contribution in [0.1, 0.15) is 0 Å². The molecule has 0 unspecified atom stereocenters. The molecule has 2 heterocycles. The van der Waals surface area contributed by atoms with Gasteiger partial charge in [0.25, 0.3) is 5.56 Å². The molecule has 0 N–H and O–H groups in total. The Morgan fingerprint density at radius 1 is 1.06 bits per heavy atom. The van der Waals surface area contributed by atoms with Crippen LogP contribution in [0.5, 0.6) is 0 Å². The molecule has 0 amide bonds. The first-order valence-corrected chi connectivity index (χ1v) is 6.00. The topological polar surface area (TPSA) is 44.0 Å². The average molecular weight is 246 g/mol. The Balaban J connectivity index is 2.77. The minimum absolute atomic E-state index is 0.222. The van der Waals surface area contributed by atoms with Crippen molar-refractivity contribution in [3.8, 4) is 0 Å². The first-order chi connectivity index (χ1) is 8.11. The van der Waals surface area contributed by atoms with E-state index in [1.54, 1.807) is 7.05 Å². The number of fused-ring (bicyclic) bond motifs is 3. The van der Waals surface area contributed by atoms with Gasteiger partial charge in [0.1, 0.15) is 4.83 Å². The zero-order chi connectivity index (χ0) is 12.2. The second-order valence-corrected chi connectivity index (χ2v) is 5.01. The summed E-state index contributed by atoms with van der Waals surface area (Å²) in [5, 5.41) is 1.55. The lowest BCUT2D eigenvalue weighted by molar-refractivity contribution is 0.717. The molecular weight excluding hydrogens is 236 g/mol. The number of thiophene rings is 1. The molecule has 0 aliphatic heterocycles. The van der Waals surface area contributed by atoms with Crippen LogP contribution in [-0.4, -0.2) is 9.13 Å². The van der Waals surface area contributed by atoms with Crippen molar-refractivity contribution >= 4 is 31.6 Å². The lowest BCUT2D eigenvalue weighted by Gasteiger charge is -2.02. The van der Waals surface area contributed by atoms with E-state index in [0.717, 1.165) is 19.5 Å². The molecule has 3 aromatic rings. The number of aryl methyl sites for hydroxylation is 1. The Labute approximate surface area is 100 Å². The fourth-order valence-electron chi connectivity index (χ4n) is 2.04. The van der Waals surface area contributed by atoms with E-state index in [9.17, 15) is 9.59 Å². The van der Waals surface area contributed by atoms with E-state index in [2.05, 4.69) is 0 Å². The highest BCUT2D eigenvalue weighted by Gasteiger charge is 2.13. The van der Waals surface area contributed by atoms with Crippen LogP contribution in [0, 0.1) is 0 Å². The summed E-state index contributed by atoms with van der Waals surface area (Å²) in [6.07, 6.45) is 0. The lowest BCUT2D eigenvalue weighted by Crippen LogP contribution is -2.36. The molecule has 0 saturated heterocycles. The smallest absolute Gasteiger partial charge is 0.287 e. The second-order valence-electron chi connectivity index (χ2n) is 3.98. The van der Waals surface area contributed by atoms with Gasteiger partial charge in [-0.2, -0.15) is 0 Å². The van der Waals surface area contributed by atoms with Crippen LogP contribution in [0.3, 0.4) is 0 Å². The van der Waals surface area contributed by atoms with Crippen LogP contribution in [0.25, 0.3) is 20.3 Å². The van der Waals surface area contributed by atoms with E-state index < -0.39 is 0 Å². The number of aromatic nitrogens is 2. The summed E-state index contributed by atoms with van der Waals surface area (Å²) in [4.78, 5) is 24.7. The van der Waals surface area contributed by atoms with E-state index in [1.807, 2.05) is 24.3 Å². The summed E-state index contributed by atoms with van der Waals surface area (Å²) in [6.45, 7) is 0. The molecule has 0 saturated carbocycles. The van der Waals surface area contributed by atoms with Gasteiger partial charge in [-0.15, -0.1) is 11.3 Å². The molecular formula is C12H10N2O2S. The predicted octanol–water partition coefficient (Wildman–Crippen LogP) is 1.45. The van der Waals surface area contributed by atoms with Gasteiger partial charge < -0.3 is 0 Å². The summed E-state index contributed by atoms with van der Waals surface area (Å²) < 4.78 is 3.71. The maximum Gasteiger partial charge on any atom is 0.331 e. The summed E-state index contributed by atoms with van der Waals surface area (Å²) >= 11 is 1.47. The molecule has 4 nitrogen and oxygen atoms in total. The summed E-state index contributed by atoms with van der Waals surface area (Å²) in [5.74, 6) is 0. The normalized spacial score (nSPS) is 11.4. The Hall–Kier alpha value is -1.88. The standard InChI is InChI=1S/C12H10N2O2S/c1-13-10(15)9-7-5-3-4-6-8(7)17-11(9)14(2)12(13)16/h3-6H,1-2H3. The van der Waals surface area contributed by atoms with Gasteiger partial charge in [0.15, 0.2) is 0 Å². The largest absolute Gasteiger partial charge is 0.331 e. The Morgan fingerprint density at radius 2 is 1.76 bits per heavy atom. The predicted molar refractivity (Wildman–Crippen MR) is 69.8 cm³/mol. The molecule has 0 spiro atoms. The quantitative estimate of drug-likeness (QED) is 0.602. The summed E-state index contributed by atoms with van der Waals surface area (Å²) in [6, 6.07) is 7.71. The van der Waals surface area contributed by atoms with Crippen LogP contribution < -0.4 is 11.2 Å². The van der Waals surface area contributed by atoms with Gasteiger partial charge in [-0.3, -0.25) is 13.9 Å². The second kappa shape index (κ2) is 3.30. The van der Waals surface area contributed by atoms with Gasteiger partial charge >= 0.3 is 5.69 Å². The molecule has 0 bridgehead atoms. The first-order valence-electron chi connectivity index (χ1n) is 5.18. The number of hydrogen-bond acceptors (Lipinski definition) is 3. The van der Waals surface area contributed by atoms with Crippen LogP contribution in [-0.2, 0) is 14.1 Å². The lowest BCUT2D eigenvalue weighted by atomic mass is 10.2. The van der Waals surface area contributed by atoms with E-state index in [4.69, 9.17) is 0 Å². The van der Waals surface area contributed by atoms with Crippen molar-refractivity contribution in [2.75, 3.05) is 0 Å². The van der Waals surface area contributed by atoms with Crippen molar-refractivity contribution < 1.29 is 0 Å². The van der Waals surface area contributed by atoms with Crippen molar-refractivity contribution in [3.05, 3.63) is 45.1 Å². The van der Waals surface area contributed by atoms with Crippen LogP contribution in [0.2, 0.25) is 0 Å². The van der Waals surface area contributed by atoms with Gasteiger partial charge in [-0.05, 0) is 6.07 Å². The fraction of sp³-hybridized carbons (Fsp3) is 0.167. The number of rotatable bonds is 0. The number of benzene rings is 1. The van der Waals surface area contributed by atoms with Crippen molar-refractivity contribution in [2.45, 2.75) is 0 Å². The third-order valence-electron chi connectivity index (χ3n) is 2.97. The monoisotopic (exact) mass is 246 g/mol. The summed E-state index contributed by atoms with van der Waals surface area (Å²) in [7, 11) is 3.20. The van der Waals surface area contributed by atoms with E-state index in [1.165, 1.54) is 23.0 Å². The molecule has 3 rings (SSSR count). The first kappa shape index (κ1) is 10.3. The van der Waals surface area contributed by atoms with Gasteiger partial charge in [0.2, 0.25) is 0 Å². The molecule has 0 atom stereocenters. The van der Waals surface area contributed by atoms with Crippen molar-refractivity contribution in [2.24, 2.45) is 14.1 Å². The van der Waals surface area contributed by atoms with Gasteiger partial charge in [-0.25, -0.2) is 4.79 Å². The highest BCUT2D eigenvalue weighted by molar-refractivity contribution is 7.25. The molecule has 2 aromatic heterocycles. The van der Waals surface area contributed by atoms with Crippen molar-refractivity contribution in [1.29, 1.82) is 0 Å². The van der Waals surface area contributed by atoms with Gasteiger partial charge in [0.05, 0.1) is 5.39 Å². The third-order valence-corrected chi connectivity index (χ3v) is 4.22. The molecule has 0 fully saturated rings. The van der Waals surface area contributed by atoms with E-state index >= 15 is 0 Å². The highest BCUT2D eigenvalue weighted by Crippen LogP contribution is 2.29. The summed E-state index contributed by atoms with van der Waals surface area (Å²) in [5.41, 5.74) is -0.505. The number of nitrogens with zero attached hydrogens (tertiary/aromatic N) is 2. The van der Waals surface area contributed by atoms with E-state index in [0.29, 0.717) is 5.39 Å². The average Bonchev–Trinajstić information content (AvgIpc) is 2.73. The Kier molecular flexibility index (Phi) is 2.00. The van der Waals surface area contributed by atoms with Crippen LogP contribution in [0.4, 0.5) is 0 Å².